The lowest BCUT2D eigenvalue weighted by Gasteiger charge is -2.10. The summed E-state index contributed by atoms with van der Waals surface area (Å²) in [5.74, 6) is -0.953. The van der Waals surface area contributed by atoms with Gasteiger partial charge in [-0.1, -0.05) is 6.07 Å². The van der Waals surface area contributed by atoms with Crippen molar-refractivity contribution in [2.24, 2.45) is 0 Å². The highest BCUT2D eigenvalue weighted by atomic mass is 79.9. The van der Waals surface area contributed by atoms with Crippen molar-refractivity contribution in [2.75, 3.05) is 20.8 Å². The first-order valence-corrected chi connectivity index (χ1v) is 10.3. The number of thioether (sulfide) groups is 1. The molecular weight excluding hydrogens is 494 g/mol. The van der Waals surface area contributed by atoms with Crippen LogP contribution in [0.15, 0.2) is 44.1 Å². The van der Waals surface area contributed by atoms with Crippen LogP contribution in [0.5, 0.6) is 5.75 Å². The Morgan fingerprint density at radius 1 is 1.16 bits per heavy atom. The summed E-state index contributed by atoms with van der Waals surface area (Å²) in [7, 11) is 2.49. The third-order valence-electron chi connectivity index (χ3n) is 4.06. The number of carbonyl (C=O) groups is 4. The van der Waals surface area contributed by atoms with E-state index in [4.69, 9.17) is 9.15 Å². The van der Waals surface area contributed by atoms with E-state index in [1.807, 2.05) is 0 Å². The van der Waals surface area contributed by atoms with Crippen LogP contribution in [-0.2, 0) is 25.6 Å². The summed E-state index contributed by atoms with van der Waals surface area (Å²) in [6, 6.07) is 7.91. The zero-order valence-electron chi connectivity index (χ0n) is 16.4. The van der Waals surface area contributed by atoms with Gasteiger partial charge in [0, 0.05) is 0 Å². The normalized spacial score (nSPS) is 14.8. The summed E-state index contributed by atoms with van der Waals surface area (Å²) in [5.41, 5.74) is 0.647. The summed E-state index contributed by atoms with van der Waals surface area (Å²) >= 11 is 4.14. The molecule has 2 amide bonds. The number of esters is 2. The lowest BCUT2D eigenvalue weighted by molar-refractivity contribution is -0.142. The summed E-state index contributed by atoms with van der Waals surface area (Å²) in [4.78, 5) is 48.9. The molecule has 0 bridgehead atoms. The lowest BCUT2D eigenvalue weighted by atomic mass is 10.2. The van der Waals surface area contributed by atoms with Gasteiger partial charge in [0.25, 0.3) is 11.1 Å². The molecule has 9 nitrogen and oxygen atoms in total. The fraction of sp³-hybridized carbons (Fsp3) is 0.200. The van der Waals surface area contributed by atoms with E-state index in [-0.39, 0.29) is 29.6 Å². The maximum Gasteiger partial charge on any atom is 0.373 e. The highest BCUT2D eigenvalue weighted by molar-refractivity contribution is 9.10. The first kappa shape index (κ1) is 22.6. The molecule has 0 N–H and O–H groups in total. The van der Waals surface area contributed by atoms with Crippen LogP contribution in [0.2, 0.25) is 0 Å². The summed E-state index contributed by atoms with van der Waals surface area (Å²) < 4.78 is 20.3. The number of amides is 2. The smallest absolute Gasteiger partial charge is 0.373 e. The van der Waals surface area contributed by atoms with Gasteiger partial charge in [0.2, 0.25) is 5.76 Å². The average Bonchev–Trinajstić information content (AvgIpc) is 3.33. The molecule has 3 rings (SSSR count). The van der Waals surface area contributed by atoms with E-state index >= 15 is 0 Å². The fourth-order valence-electron chi connectivity index (χ4n) is 2.54. The van der Waals surface area contributed by atoms with Gasteiger partial charge in [0.1, 0.15) is 11.5 Å². The number of carbonyl (C=O) groups excluding carboxylic acids is 4. The van der Waals surface area contributed by atoms with Gasteiger partial charge in [-0.25, -0.2) is 9.59 Å². The van der Waals surface area contributed by atoms with E-state index in [0.29, 0.717) is 15.8 Å². The number of ether oxygens (including phenoxy) is 3. The number of methoxy groups -OCH3 is 2. The highest BCUT2D eigenvalue weighted by Crippen LogP contribution is 2.35. The van der Waals surface area contributed by atoms with Crippen molar-refractivity contribution in [3.63, 3.8) is 0 Å². The van der Waals surface area contributed by atoms with Crippen LogP contribution in [0, 0.1) is 0 Å². The number of halogens is 1. The van der Waals surface area contributed by atoms with Gasteiger partial charge < -0.3 is 18.6 Å². The highest BCUT2D eigenvalue weighted by Gasteiger charge is 2.35. The second-order valence-corrected chi connectivity index (χ2v) is 7.93. The van der Waals surface area contributed by atoms with Crippen molar-refractivity contribution in [3.8, 4) is 5.75 Å². The summed E-state index contributed by atoms with van der Waals surface area (Å²) in [6.07, 6.45) is 1.57. The zero-order chi connectivity index (χ0) is 22.5. The van der Waals surface area contributed by atoms with Crippen molar-refractivity contribution in [3.05, 3.63) is 56.8 Å². The molecule has 0 aliphatic carbocycles. The number of imide groups is 1. The molecule has 0 radical (unpaired) electrons. The minimum absolute atomic E-state index is 0.0145. The molecule has 162 valence electrons. The van der Waals surface area contributed by atoms with E-state index in [0.717, 1.165) is 16.7 Å². The number of hydrogen-bond acceptors (Lipinski definition) is 9. The fourth-order valence-corrected chi connectivity index (χ4v) is 3.89. The molecule has 11 heteroatoms. The van der Waals surface area contributed by atoms with Crippen molar-refractivity contribution in [1.82, 2.24) is 4.90 Å². The van der Waals surface area contributed by atoms with Gasteiger partial charge in [0.05, 0.1) is 30.1 Å². The molecule has 2 heterocycles. The minimum atomic E-state index is -0.648. The quantitative estimate of drug-likeness (QED) is 0.407. The van der Waals surface area contributed by atoms with E-state index in [1.165, 1.54) is 26.4 Å². The van der Waals surface area contributed by atoms with Crippen molar-refractivity contribution >= 4 is 56.9 Å². The molecule has 1 aliphatic heterocycles. The van der Waals surface area contributed by atoms with Crippen LogP contribution < -0.4 is 4.74 Å². The predicted octanol–water partition coefficient (Wildman–Crippen LogP) is 3.62. The molecule has 31 heavy (non-hydrogen) atoms. The Labute approximate surface area is 189 Å². The van der Waals surface area contributed by atoms with Crippen molar-refractivity contribution in [1.29, 1.82) is 0 Å². The van der Waals surface area contributed by atoms with Gasteiger partial charge in [-0.15, -0.1) is 0 Å². The molecule has 1 aromatic heterocycles. The molecule has 0 spiro atoms. The van der Waals surface area contributed by atoms with Gasteiger partial charge in [-0.2, -0.15) is 0 Å². The minimum Gasteiger partial charge on any atom is -0.481 e. The third kappa shape index (κ3) is 5.36. The maximum absolute atomic E-state index is 12.7. The monoisotopic (exact) mass is 509 g/mol. The van der Waals surface area contributed by atoms with Crippen LogP contribution in [0.1, 0.15) is 21.9 Å². The molecule has 2 aromatic rings. The Hall–Kier alpha value is -3.05. The van der Waals surface area contributed by atoms with E-state index in [2.05, 4.69) is 25.4 Å². The lowest BCUT2D eigenvalue weighted by Crippen LogP contribution is -2.27. The number of furan rings is 1. The van der Waals surface area contributed by atoms with Crippen LogP contribution in [-0.4, -0.2) is 48.8 Å². The Bertz CT molecular complexity index is 1080. The molecule has 1 saturated heterocycles. The summed E-state index contributed by atoms with van der Waals surface area (Å²) in [5, 5.41) is -0.454. The van der Waals surface area contributed by atoms with Gasteiger partial charge in [-0.3, -0.25) is 14.5 Å². The Balaban J connectivity index is 1.71. The molecule has 0 atom stereocenters. The largest absolute Gasteiger partial charge is 0.481 e. The van der Waals surface area contributed by atoms with Crippen molar-refractivity contribution in [2.45, 2.75) is 6.54 Å². The Kier molecular flexibility index (Phi) is 7.18. The van der Waals surface area contributed by atoms with Crippen LogP contribution in [0.4, 0.5) is 4.79 Å². The number of benzene rings is 1. The molecule has 1 aromatic carbocycles. The van der Waals surface area contributed by atoms with Gasteiger partial charge >= 0.3 is 11.9 Å². The van der Waals surface area contributed by atoms with Gasteiger partial charge in [-0.05, 0) is 63.6 Å². The molecule has 1 aliphatic rings. The number of rotatable bonds is 7. The standard InChI is InChI=1S/C20H16BrNO8S/c1-27-17(23)10-29-14-5-3-11(7-13(14)21)8-16-18(24)22(20(26)31-16)9-12-4-6-15(30-12)19(25)28-2/h3-8H,9-10H2,1-2H3/b16-8+. The average molecular weight is 510 g/mol. The first-order valence-electron chi connectivity index (χ1n) is 8.74. The topological polar surface area (TPSA) is 112 Å². The second kappa shape index (κ2) is 9.84. The zero-order valence-corrected chi connectivity index (χ0v) is 18.8. The SMILES string of the molecule is COC(=O)COc1ccc(/C=C2/SC(=O)N(Cc3ccc(C(=O)OC)o3)C2=O)cc1Br. The van der Waals surface area contributed by atoms with Crippen LogP contribution in [0.25, 0.3) is 6.08 Å². The van der Waals surface area contributed by atoms with E-state index < -0.39 is 23.1 Å². The number of hydrogen-bond donors (Lipinski definition) is 0. The molecular formula is C20H16BrNO8S. The van der Waals surface area contributed by atoms with E-state index in [1.54, 1.807) is 24.3 Å². The molecule has 0 saturated carbocycles. The Morgan fingerprint density at radius 3 is 2.61 bits per heavy atom. The molecule has 1 fully saturated rings. The summed E-state index contributed by atoms with van der Waals surface area (Å²) in [6.45, 7) is -0.346. The van der Waals surface area contributed by atoms with Crippen molar-refractivity contribution < 1.29 is 37.8 Å². The first-order chi connectivity index (χ1) is 14.8. The van der Waals surface area contributed by atoms with Crippen LogP contribution >= 0.6 is 27.7 Å². The molecule has 0 unspecified atom stereocenters. The van der Waals surface area contributed by atoms with Gasteiger partial charge in [0.15, 0.2) is 6.61 Å². The third-order valence-corrected chi connectivity index (χ3v) is 5.59. The number of nitrogens with zero attached hydrogens (tertiary/aromatic N) is 1. The Morgan fingerprint density at radius 2 is 1.94 bits per heavy atom. The predicted molar refractivity (Wildman–Crippen MR) is 113 cm³/mol. The van der Waals surface area contributed by atoms with E-state index in [9.17, 15) is 19.2 Å². The van der Waals surface area contributed by atoms with Crippen LogP contribution in [0.3, 0.4) is 0 Å². The second-order valence-electron chi connectivity index (χ2n) is 6.08. The maximum atomic E-state index is 12.7.